The Morgan fingerprint density at radius 2 is 2.00 bits per heavy atom. The van der Waals surface area contributed by atoms with Crippen LogP contribution in [0, 0.1) is 12.8 Å². The van der Waals surface area contributed by atoms with E-state index in [0.29, 0.717) is 17.6 Å². The van der Waals surface area contributed by atoms with Gasteiger partial charge in [0.15, 0.2) is 0 Å². The molecule has 0 radical (unpaired) electrons. The first-order chi connectivity index (χ1) is 11.5. The maximum absolute atomic E-state index is 12.1. The van der Waals surface area contributed by atoms with E-state index in [4.69, 9.17) is 4.52 Å². The lowest BCUT2D eigenvalue weighted by Crippen LogP contribution is -2.19. The topological polar surface area (TPSA) is 85.1 Å². The minimum Gasteiger partial charge on any atom is -0.339 e. The van der Waals surface area contributed by atoms with Crippen molar-refractivity contribution in [2.75, 3.05) is 7.05 Å². The van der Waals surface area contributed by atoms with E-state index in [1.807, 2.05) is 6.07 Å². The highest BCUT2D eigenvalue weighted by Gasteiger charge is 2.21. The van der Waals surface area contributed by atoms with Gasteiger partial charge in [0.2, 0.25) is 21.7 Å². The monoisotopic (exact) mass is 349 g/mol. The molecule has 0 aliphatic heterocycles. The summed E-state index contributed by atoms with van der Waals surface area (Å²) in [6.45, 7) is 1.73. The van der Waals surface area contributed by atoms with Crippen molar-refractivity contribution in [3.8, 4) is 11.4 Å². The van der Waals surface area contributed by atoms with E-state index in [0.717, 1.165) is 17.5 Å². The van der Waals surface area contributed by atoms with Crippen LogP contribution in [0.25, 0.3) is 11.4 Å². The van der Waals surface area contributed by atoms with Crippen LogP contribution in [-0.2, 0) is 16.4 Å². The van der Waals surface area contributed by atoms with Crippen molar-refractivity contribution in [3.63, 3.8) is 0 Å². The first-order valence-electron chi connectivity index (χ1n) is 8.37. The number of nitrogens with zero attached hydrogens (tertiary/aromatic N) is 2. The molecule has 24 heavy (non-hydrogen) atoms. The zero-order chi connectivity index (χ0) is 17.2. The van der Waals surface area contributed by atoms with Crippen LogP contribution in [0.5, 0.6) is 0 Å². The summed E-state index contributed by atoms with van der Waals surface area (Å²) in [4.78, 5) is 4.51. The Balaban J connectivity index is 2.00. The molecule has 2 aromatic rings. The van der Waals surface area contributed by atoms with Gasteiger partial charge in [0, 0.05) is 12.5 Å². The lowest BCUT2D eigenvalue weighted by atomic mass is 9.84. The fraction of sp³-hybridized carbons (Fsp3) is 0.529. The van der Waals surface area contributed by atoms with Crippen molar-refractivity contribution in [3.05, 3.63) is 29.7 Å². The molecule has 1 N–H and O–H groups in total. The van der Waals surface area contributed by atoms with Gasteiger partial charge in [0.1, 0.15) is 0 Å². The van der Waals surface area contributed by atoms with Crippen molar-refractivity contribution < 1.29 is 12.9 Å². The van der Waals surface area contributed by atoms with Crippen LogP contribution in [-0.4, -0.2) is 25.6 Å². The SMILES string of the molecule is CNS(=O)(=O)c1ccc(CC2CCCCC2)c(-c2noc(C)n2)c1. The van der Waals surface area contributed by atoms with E-state index in [2.05, 4.69) is 14.9 Å². The predicted octanol–water partition coefficient (Wildman–Crippen LogP) is 3.08. The summed E-state index contributed by atoms with van der Waals surface area (Å²) in [6.07, 6.45) is 7.22. The summed E-state index contributed by atoms with van der Waals surface area (Å²) in [7, 11) is -2.10. The number of aromatic nitrogens is 2. The maximum Gasteiger partial charge on any atom is 0.240 e. The second-order valence-electron chi connectivity index (χ2n) is 6.37. The summed E-state index contributed by atoms with van der Waals surface area (Å²) < 4.78 is 31.7. The molecule has 0 spiro atoms. The van der Waals surface area contributed by atoms with Gasteiger partial charge in [-0.3, -0.25) is 0 Å². The molecule has 1 fully saturated rings. The molecule has 1 aliphatic rings. The third-order valence-corrected chi connectivity index (χ3v) is 6.07. The van der Waals surface area contributed by atoms with Crippen LogP contribution in [0.4, 0.5) is 0 Å². The molecule has 0 saturated heterocycles. The largest absolute Gasteiger partial charge is 0.339 e. The third kappa shape index (κ3) is 3.67. The van der Waals surface area contributed by atoms with Crippen LogP contribution in [0.15, 0.2) is 27.6 Å². The van der Waals surface area contributed by atoms with Gasteiger partial charge in [-0.25, -0.2) is 13.1 Å². The van der Waals surface area contributed by atoms with Crippen molar-refractivity contribution in [1.82, 2.24) is 14.9 Å². The zero-order valence-corrected chi connectivity index (χ0v) is 14.9. The molecular formula is C17H23N3O3S. The average molecular weight is 349 g/mol. The predicted molar refractivity (Wildman–Crippen MR) is 91.0 cm³/mol. The minimum atomic E-state index is -3.51. The van der Waals surface area contributed by atoms with Crippen LogP contribution in [0.3, 0.4) is 0 Å². The van der Waals surface area contributed by atoms with E-state index in [-0.39, 0.29) is 4.90 Å². The number of rotatable bonds is 5. The molecule has 7 heteroatoms. The van der Waals surface area contributed by atoms with Crippen molar-refractivity contribution >= 4 is 10.0 Å². The highest BCUT2D eigenvalue weighted by atomic mass is 32.2. The Bertz CT molecular complexity index is 808. The van der Waals surface area contributed by atoms with Gasteiger partial charge in [-0.05, 0) is 37.1 Å². The molecular weight excluding hydrogens is 326 g/mol. The molecule has 0 bridgehead atoms. The lowest BCUT2D eigenvalue weighted by molar-refractivity contribution is 0.356. The first kappa shape index (κ1) is 17.1. The minimum absolute atomic E-state index is 0.217. The molecule has 130 valence electrons. The van der Waals surface area contributed by atoms with Gasteiger partial charge in [-0.2, -0.15) is 4.98 Å². The summed E-state index contributed by atoms with van der Waals surface area (Å²) in [5, 5.41) is 3.99. The average Bonchev–Trinajstić information content (AvgIpc) is 3.02. The summed E-state index contributed by atoms with van der Waals surface area (Å²) >= 11 is 0. The van der Waals surface area contributed by atoms with Gasteiger partial charge in [0.25, 0.3) is 0 Å². The van der Waals surface area contributed by atoms with E-state index in [1.165, 1.54) is 39.2 Å². The standard InChI is InChI=1S/C17H23N3O3S/c1-12-19-17(20-23-12)16-11-15(24(21,22)18-2)9-8-14(16)10-13-6-4-3-5-7-13/h8-9,11,13,18H,3-7,10H2,1-2H3. The summed E-state index contributed by atoms with van der Waals surface area (Å²) in [6, 6.07) is 5.19. The van der Waals surface area contributed by atoms with Gasteiger partial charge < -0.3 is 4.52 Å². The number of nitrogens with one attached hydrogen (secondary N) is 1. The van der Waals surface area contributed by atoms with Crippen molar-refractivity contribution in [2.24, 2.45) is 5.92 Å². The van der Waals surface area contributed by atoms with Crippen LogP contribution in [0.2, 0.25) is 0 Å². The second-order valence-corrected chi connectivity index (χ2v) is 8.26. The fourth-order valence-electron chi connectivity index (χ4n) is 3.34. The Morgan fingerprint density at radius 3 is 2.62 bits per heavy atom. The van der Waals surface area contributed by atoms with Crippen molar-refractivity contribution in [2.45, 2.75) is 50.3 Å². The maximum atomic E-state index is 12.1. The number of aryl methyl sites for hydroxylation is 1. The third-order valence-electron chi connectivity index (χ3n) is 4.66. The Morgan fingerprint density at radius 1 is 1.25 bits per heavy atom. The number of hydrogen-bond acceptors (Lipinski definition) is 5. The molecule has 1 aliphatic carbocycles. The zero-order valence-electron chi connectivity index (χ0n) is 14.1. The highest BCUT2D eigenvalue weighted by molar-refractivity contribution is 7.89. The van der Waals surface area contributed by atoms with Crippen molar-refractivity contribution in [1.29, 1.82) is 0 Å². The molecule has 6 nitrogen and oxygen atoms in total. The van der Waals surface area contributed by atoms with E-state index < -0.39 is 10.0 Å². The molecule has 1 heterocycles. The Labute approximate surface area is 142 Å². The molecule has 3 rings (SSSR count). The smallest absolute Gasteiger partial charge is 0.240 e. The summed E-state index contributed by atoms with van der Waals surface area (Å²) in [5.74, 6) is 1.55. The lowest BCUT2D eigenvalue weighted by Gasteiger charge is -2.22. The van der Waals surface area contributed by atoms with Crippen LogP contribution >= 0.6 is 0 Å². The van der Waals surface area contributed by atoms with E-state index >= 15 is 0 Å². The van der Waals surface area contributed by atoms with E-state index in [1.54, 1.807) is 19.1 Å². The van der Waals surface area contributed by atoms with Crippen LogP contribution < -0.4 is 4.72 Å². The van der Waals surface area contributed by atoms with Gasteiger partial charge in [-0.15, -0.1) is 0 Å². The number of hydrogen-bond donors (Lipinski definition) is 1. The van der Waals surface area contributed by atoms with Gasteiger partial charge >= 0.3 is 0 Å². The highest BCUT2D eigenvalue weighted by Crippen LogP contribution is 2.31. The molecule has 1 aromatic carbocycles. The molecule has 1 saturated carbocycles. The Hall–Kier alpha value is -1.73. The number of benzene rings is 1. The Kier molecular flexibility index (Phi) is 5.01. The van der Waals surface area contributed by atoms with Crippen LogP contribution in [0.1, 0.15) is 43.6 Å². The molecule has 0 unspecified atom stereocenters. The normalized spacial score (nSPS) is 16.4. The summed E-state index contributed by atoms with van der Waals surface area (Å²) in [5.41, 5.74) is 1.83. The van der Waals surface area contributed by atoms with Gasteiger partial charge in [0.05, 0.1) is 4.90 Å². The van der Waals surface area contributed by atoms with E-state index in [9.17, 15) is 8.42 Å². The number of sulfonamides is 1. The van der Waals surface area contributed by atoms with Gasteiger partial charge in [-0.1, -0.05) is 43.3 Å². The molecule has 0 atom stereocenters. The molecule has 1 aromatic heterocycles. The molecule has 0 amide bonds. The fourth-order valence-corrected chi connectivity index (χ4v) is 4.09. The first-order valence-corrected chi connectivity index (χ1v) is 9.85. The second kappa shape index (κ2) is 7.03. The quantitative estimate of drug-likeness (QED) is 0.896.